The van der Waals surface area contributed by atoms with Crippen LogP contribution in [0.25, 0.3) is 0 Å². The molecule has 0 aromatic heterocycles. The van der Waals surface area contributed by atoms with Gasteiger partial charge in [-0.15, -0.1) is 0 Å². The zero-order chi connectivity index (χ0) is 14.5. The SMILES string of the molecule is COc1cccc(C(Cc2ccc(Cl)cc2)NN)c1F. The van der Waals surface area contributed by atoms with Gasteiger partial charge >= 0.3 is 0 Å². The Hall–Kier alpha value is -1.62. The Morgan fingerprint density at radius 3 is 2.55 bits per heavy atom. The second-order valence-corrected chi connectivity index (χ2v) is 4.85. The summed E-state index contributed by atoms with van der Waals surface area (Å²) in [7, 11) is 1.44. The molecule has 2 rings (SSSR count). The highest BCUT2D eigenvalue weighted by molar-refractivity contribution is 6.30. The molecule has 0 saturated heterocycles. The van der Waals surface area contributed by atoms with Crippen LogP contribution in [0.1, 0.15) is 17.2 Å². The van der Waals surface area contributed by atoms with Crippen molar-refractivity contribution in [2.45, 2.75) is 12.5 Å². The molecule has 20 heavy (non-hydrogen) atoms. The van der Waals surface area contributed by atoms with Gasteiger partial charge in [0, 0.05) is 10.6 Å². The molecule has 0 heterocycles. The Morgan fingerprint density at radius 1 is 1.25 bits per heavy atom. The molecular weight excluding hydrogens is 279 g/mol. The number of nitrogens with two attached hydrogens (primary N) is 1. The van der Waals surface area contributed by atoms with Crippen molar-refractivity contribution in [1.82, 2.24) is 5.43 Å². The second kappa shape index (κ2) is 6.70. The van der Waals surface area contributed by atoms with Crippen LogP contribution in [-0.2, 0) is 6.42 Å². The van der Waals surface area contributed by atoms with Crippen molar-refractivity contribution >= 4 is 11.6 Å². The molecule has 0 amide bonds. The van der Waals surface area contributed by atoms with Gasteiger partial charge in [-0.3, -0.25) is 11.3 Å². The molecule has 0 fully saturated rings. The number of hydrogen-bond donors (Lipinski definition) is 2. The zero-order valence-electron chi connectivity index (χ0n) is 11.1. The summed E-state index contributed by atoms with van der Waals surface area (Å²) in [5.74, 6) is 5.37. The predicted octanol–water partition coefficient (Wildman–Crippen LogP) is 3.23. The molecule has 0 saturated carbocycles. The summed E-state index contributed by atoms with van der Waals surface area (Å²) in [6.45, 7) is 0. The first-order valence-electron chi connectivity index (χ1n) is 6.18. The molecule has 0 radical (unpaired) electrons. The molecule has 1 atom stereocenters. The number of methoxy groups -OCH3 is 1. The van der Waals surface area contributed by atoms with Crippen molar-refractivity contribution in [2.75, 3.05) is 7.11 Å². The van der Waals surface area contributed by atoms with Crippen LogP contribution in [0.5, 0.6) is 5.75 Å². The highest BCUT2D eigenvalue weighted by Gasteiger charge is 2.17. The van der Waals surface area contributed by atoms with Crippen molar-refractivity contribution < 1.29 is 9.13 Å². The van der Waals surface area contributed by atoms with Crippen LogP contribution in [0.15, 0.2) is 42.5 Å². The topological polar surface area (TPSA) is 47.3 Å². The third kappa shape index (κ3) is 3.28. The minimum absolute atomic E-state index is 0.207. The molecule has 0 spiro atoms. The third-order valence-corrected chi connectivity index (χ3v) is 3.39. The van der Waals surface area contributed by atoms with E-state index in [9.17, 15) is 4.39 Å². The lowest BCUT2D eigenvalue weighted by Gasteiger charge is -2.18. The Bertz CT molecular complexity index is 575. The molecule has 0 aliphatic carbocycles. The molecule has 2 aromatic rings. The quantitative estimate of drug-likeness (QED) is 0.657. The fourth-order valence-corrected chi connectivity index (χ4v) is 2.20. The van der Waals surface area contributed by atoms with Crippen LogP contribution in [0.2, 0.25) is 5.02 Å². The van der Waals surface area contributed by atoms with Crippen LogP contribution in [0, 0.1) is 5.82 Å². The Balaban J connectivity index is 2.26. The van der Waals surface area contributed by atoms with Crippen molar-refractivity contribution in [3.05, 3.63) is 64.4 Å². The van der Waals surface area contributed by atoms with Crippen molar-refractivity contribution in [2.24, 2.45) is 5.84 Å². The van der Waals surface area contributed by atoms with E-state index in [1.54, 1.807) is 30.3 Å². The van der Waals surface area contributed by atoms with E-state index in [1.807, 2.05) is 12.1 Å². The summed E-state index contributed by atoms with van der Waals surface area (Å²) in [6.07, 6.45) is 0.553. The van der Waals surface area contributed by atoms with Gasteiger partial charge in [0.1, 0.15) is 0 Å². The van der Waals surface area contributed by atoms with Gasteiger partial charge in [-0.1, -0.05) is 35.9 Å². The average Bonchev–Trinajstić information content (AvgIpc) is 2.47. The van der Waals surface area contributed by atoms with E-state index in [2.05, 4.69) is 5.43 Å². The maximum Gasteiger partial charge on any atom is 0.169 e. The van der Waals surface area contributed by atoms with Gasteiger partial charge in [0.05, 0.1) is 13.2 Å². The minimum Gasteiger partial charge on any atom is -0.494 e. The van der Waals surface area contributed by atoms with Crippen molar-refractivity contribution in [1.29, 1.82) is 0 Å². The van der Waals surface area contributed by atoms with Gasteiger partial charge in [-0.2, -0.15) is 0 Å². The number of hydrazine groups is 1. The number of rotatable bonds is 5. The molecule has 3 nitrogen and oxygen atoms in total. The third-order valence-electron chi connectivity index (χ3n) is 3.14. The number of benzene rings is 2. The second-order valence-electron chi connectivity index (χ2n) is 4.41. The van der Waals surface area contributed by atoms with Gasteiger partial charge in [0.25, 0.3) is 0 Å². The standard InChI is InChI=1S/C15H16ClFN2O/c1-20-14-4-2-3-12(15(14)17)13(19-18)9-10-5-7-11(16)8-6-10/h2-8,13,19H,9,18H2,1H3. The molecule has 3 N–H and O–H groups in total. The van der Waals surface area contributed by atoms with Crippen LogP contribution >= 0.6 is 11.6 Å². The fraction of sp³-hybridized carbons (Fsp3) is 0.200. The van der Waals surface area contributed by atoms with E-state index in [-0.39, 0.29) is 11.8 Å². The van der Waals surface area contributed by atoms with Gasteiger partial charge in [-0.25, -0.2) is 4.39 Å². The number of nitrogens with one attached hydrogen (secondary N) is 1. The van der Waals surface area contributed by atoms with Crippen molar-refractivity contribution in [3.8, 4) is 5.75 Å². The van der Waals surface area contributed by atoms with Gasteiger partial charge in [0.2, 0.25) is 0 Å². The van der Waals surface area contributed by atoms with Gasteiger partial charge in [-0.05, 0) is 30.2 Å². The Kier molecular flexibility index (Phi) is 4.95. The summed E-state index contributed by atoms with van der Waals surface area (Å²) >= 11 is 5.85. The maximum absolute atomic E-state index is 14.2. The first-order chi connectivity index (χ1) is 9.65. The maximum atomic E-state index is 14.2. The molecular formula is C15H16ClFN2O. The molecule has 0 bridgehead atoms. The minimum atomic E-state index is -0.396. The molecule has 0 aliphatic rings. The van der Waals surface area contributed by atoms with Gasteiger partial charge < -0.3 is 4.74 Å². The largest absolute Gasteiger partial charge is 0.494 e. The Labute approximate surface area is 122 Å². The van der Waals surface area contributed by atoms with Crippen LogP contribution in [-0.4, -0.2) is 7.11 Å². The van der Waals surface area contributed by atoms with E-state index < -0.39 is 5.82 Å². The first-order valence-corrected chi connectivity index (χ1v) is 6.56. The smallest absolute Gasteiger partial charge is 0.169 e. The molecule has 106 valence electrons. The first kappa shape index (κ1) is 14.8. The van der Waals surface area contributed by atoms with Crippen LogP contribution in [0.4, 0.5) is 4.39 Å². The van der Waals surface area contributed by atoms with Gasteiger partial charge in [0.15, 0.2) is 11.6 Å². The van der Waals surface area contributed by atoms with E-state index in [0.29, 0.717) is 17.0 Å². The molecule has 5 heteroatoms. The van der Waals surface area contributed by atoms with Crippen LogP contribution in [0.3, 0.4) is 0 Å². The summed E-state index contributed by atoms with van der Waals surface area (Å²) in [6, 6.07) is 12.1. The zero-order valence-corrected chi connectivity index (χ0v) is 11.8. The highest BCUT2D eigenvalue weighted by Crippen LogP contribution is 2.27. The summed E-state index contributed by atoms with van der Waals surface area (Å²) in [4.78, 5) is 0. The van der Waals surface area contributed by atoms with E-state index in [1.165, 1.54) is 7.11 Å². The average molecular weight is 295 g/mol. The van der Waals surface area contributed by atoms with E-state index >= 15 is 0 Å². The van der Waals surface area contributed by atoms with Crippen LogP contribution < -0.4 is 16.0 Å². The molecule has 1 unspecified atom stereocenters. The lowest BCUT2D eigenvalue weighted by atomic mass is 9.98. The van der Waals surface area contributed by atoms with Crippen molar-refractivity contribution in [3.63, 3.8) is 0 Å². The monoisotopic (exact) mass is 294 g/mol. The molecule has 0 aliphatic heterocycles. The predicted molar refractivity (Wildman–Crippen MR) is 78.2 cm³/mol. The normalized spacial score (nSPS) is 12.2. The number of hydrogen-bond acceptors (Lipinski definition) is 3. The summed E-state index contributed by atoms with van der Waals surface area (Å²) in [5.41, 5.74) is 4.13. The van der Waals surface area contributed by atoms with E-state index in [0.717, 1.165) is 5.56 Å². The number of halogens is 2. The summed E-state index contributed by atoms with van der Waals surface area (Å²) in [5, 5.41) is 0.665. The lowest BCUT2D eigenvalue weighted by molar-refractivity contribution is 0.379. The van der Waals surface area contributed by atoms with E-state index in [4.69, 9.17) is 22.2 Å². The lowest BCUT2D eigenvalue weighted by Crippen LogP contribution is -2.30. The summed E-state index contributed by atoms with van der Waals surface area (Å²) < 4.78 is 19.2. The molecule has 2 aromatic carbocycles. The number of ether oxygens (including phenoxy) is 1. The highest BCUT2D eigenvalue weighted by atomic mass is 35.5. The fourth-order valence-electron chi connectivity index (χ4n) is 2.07. The Morgan fingerprint density at radius 2 is 1.95 bits per heavy atom.